The first kappa shape index (κ1) is 41.9. The number of anilines is 3. The van der Waals surface area contributed by atoms with Gasteiger partial charge in [0.05, 0.1) is 16.5 Å². The summed E-state index contributed by atoms with van der Waals surface area (Å²) in [6.45, 7) is 4.78. The average molecular weight is 920 g/mol. The van der Waals surface area contributed by atoms with Gasteiger partial charge in [-0.05, 0) is 138 Å². The molecule has 11 aromatic carbocycles. The van der Waals surface area contributed by atoms with E-state index in [1.165, 1.54) is 83.5 Å². The molecule has 72 heavy (non-hydrogen) atoms. The van der Waals surface area contributed by atoms with Crippen LogP contribution >= 0.6 is 0 Å². The maximum atomic E-state index is 6.79. The van der Waals surface area contributed by atoms with Crippen molar-refractivity contribution < 1.29 is 4.42 Å². The van der Waals surface area contributed by atoms with E-state index in [-0.39, 0.29) is 5.41 Å². The summed E-state index contributed by atoms with van der Waals surface area (Å²) in [7, 11) is 0. The van der Waals surface area contributed by atoms with Crippen LogP contribution in [0.4, 0.5) is 17.1 Å². The van der Waals surface area contributed by atoms with E-state index in [2.05, 4.69) is 280 Å². The van der Waals surface area contributed by atoms with E-state index in [1.807, 2.05) is 0 Å². The lowest BCUT2D eigenvalue weighted by atomic mass is 9.67. The van der Waals surface area contributed by atoms with Crippen molar-refractivity contribution in [2.24, 2.45) is 0 Å². The summed E-state index contributed by atoms with van der Waals surface area (Å²) < 4.78 is 6.79. The number of benzene rings is 11. The van der Waals surface area contributed by atoms with E-state index in [4.69, 9.17) is 4.42 Å². The Morgan fingerprint density at radius 2 is 0.875 bits per heavy atom. The third-order valence-electron chi connectivity index (χ3n) is 15.7. The molecule has 340 valence electrons. The highest BCUT2D eigenvalue weighted by atomic mass is 16.3. The van der Waals surface area contributed by atoms with Crippen LogP contribution < -0.4 is 4.90 Å². The molecule has 0 amide bonds. The van der Waals surface area contributed by atoms with Gasteiger partial charge < -0.3 is 9.32 Å². The van der Waals surface area contributed by atoms with Crippen LogP contribution in [0.1, 0.15) is 47.2 Å². The number of hydrogen-bond donors (Lipinski definition) is 0. The van der Waals surface area contributed by atoms with Crippen LogP contribution in [0.25, 0.3) is 77.6 Å². The molecule has 2 heteroatoms. The zero-order chi connectivity index (χ0) is 48.0. The third kappa shape index (κ3) is 6.22. The molecular formula is C70H49NO. The van der Waals surface area contributed by atoms with Gasteiger partial charge in [0.15, 0.2) is 0 Å². The summed E-state index contributed by atoms with van der Waals surface area (Å²) in [5.41, 5.74) is 24.1. The number of rotatable bonds is 8. The highest BCUT2D eigenvalue weighted by Gasteiger charge is 2.47. The van der Waals surface area contributed by atoms with Crippen molar-refractivity contribution in [2.45, 2.75) is 24.7 Å². The fourth-order valence-electron chi connectivity index (χ4n) is 12.5. The molecule has 0 bridgehead atoms. The van der Waals surface area contributed by atoms with Crippen molar-refractivity contribution >= 4 is 39.0 Å². The van der Waals surface area contributed by atoms with Crippen LogP contribution in [-0.2, 0) is 10.8 Å². The molecule has 2 aliphatic carbocycles. The minimum atomic E-state index is -0.631. The zero-order valence-corrected chi connectivity index (χ0v) is 40.2. The topological polar surface area (TPSA) is 16.4 Å². The minimum Gasteiger partial charge on any atom is -0.456 e. The first-order valence-electron chi connectivity index (χ1n) is 25.1. The van der Waals surface area contributed by atoms with E-state index in [0.29, 0.717) is 0 Å². The van der Waals surface area contributed by atoms with Crippen LogP contribution in [0.15, 0.2) is 265 Å². The Balaban J connectivity index is 1.04. The van der Waals surface area contributed by atoms with Gasteiger partial charge in [-0.25, -0.2) is 0 Å². The van der Waals surface area contributed by atoms with Crippen molar-refractivity contribution in [3.8, 4) is 55.6 Å². The third-order valence-corrected chi connectivity index (χ3v) is 15.7. The summed E-state index contributed by atoms with van der Waals surface area (Å²) in [5.74, 6) is 0. The van der Waals surface area contributed by atoms with Crippen LogP contribution in [0.2, 0.25) is 0 Å². The zero-order valence-electron chi connectivity index (χ0n) is 40.2. The van der Waals surface area contributed by atoms with E-state index in [9.17, 15) is 0 Å². The molecule has 12 aromatic rings. The fraction of sp³-hybridized carbons (Fsp3) is 0.0571. The Bertz CT molecular complexity index is 4060. The quantitative estimate of drug-likeness (QED) is 0.151. The van der Waals surface area contributed by atoms with Crippen LogP contribution in [0.5, 0.6) is 0 Å². The maximum Gasteiger partial charge on any atom is 0.137 e. The van der Waals surface area contributed by atoms with E-state index in [1.54, 1.807) is 0 Å². The molecular weight excluding hydrogens is 871 g/mol. The molecule has 1 heterocycles. The number of fused-ring (bicyclic) bond motifs is 9. The largest absolute Gasteiger partial charge is 0.456 e. The number of furan rings is 1. The molecule has 1 unspecified atom stereocenters. The molecule has 1 atom stereocenters. The van der Waals surface area contributed by atoms with E-state index >= 15 is 0 Å². The van der Waals surface area contributed by atoms with Crippen molar-refractivity contribution in [1.82, 2.24) is 0 Å². The summed E-state index contributed by atoms with van der Waals surface area (Å²) in [6.07, 6.45) is 0. The first-order chi connectivity index (χ1) is 35.5. The van der Waals surface area contributed by atoms with Crippen LogP contribution in [-0.4, -0.2) is 0 Å². The maximum absolute atomic E-state index is 6.79. The van der Waals surface area contributed by atoms with Gasteiger partial charge in [0.2, 0.25) is 0 Å². The fourth-order valence-corrected chi connectivity index (χ4v) is 12.5. The molecule has 0 saturated carbocycles. The molecule has 0 saturated heterocycles. The average Bonchev–Trinajstić information content (AvgIpc) is 4.06. The SMILES string of the molecule is CC1(C)c2cc(N(c3cccc(C4(c5ccccc5)c5ccccc5-c5c(-c6ccccc6)cccc54)c3)c3cccc4oc5ccc(-c6ccccc6)cc5c34)ccc2-c2c(-c3ccccc3)cccc21. The lowest BCUT2D eigenvalue weighted by Gasteiger charge is -2.35. The van der Waals surface area contributed by atoms with Gasteiger partial charge in [-0.3, -0.25) is 0 Å². The van der Waals surface area contributed by atoms with Gasteiger partial charge in [0.1, 0.15) is 11.2 Å². The molecule has 2 aliphatic rings. The van der Waals surface area contributed by atoms with Gasteiger partial charge in [0, 0.05) is 22.2 Å². The summed E-state index contributed by atoms with van der Waals surface area (Å²) in [4.78, 5) is 2.49. The standard InChI is InChI=1S/C70H49NO/c1-69(2)60-35-18-32-54(47-23-9-4-10-24-47)66(60)57-41-40-53(45-62(57)69)71(63-37-20-38-65-68(63)58-43-49(39-42-64(58)72-65)46-21-7-3-8-22-46)52-30-17-29-51(44-52)70(50-27-13-6-14-28-50)59-34-16-15-31-56(59)67-55(33-19-36-61(67)70)48-25-11-5-12-26-48/h3-45H,1-2H3. The Morgan fingerprint density at radius 3 is 1.60 bits per heavy atom. The lowest BCUT2D eigenvalue weighted by Crippen LogP contribution is -2.29. The van der Waals surface area contributed by atoms with Crippen LogP contribution in [0, 0.1) is 0 Å². The van der Waals surface area contributed by atoms with E-state index < -0.39 is 5.41 Å². The smallest absolute Gasteiger partial charge is 0.137 e. The summed E-state index contributed by atoms with van der Waals surface area (Å²) in [5, 5.41) is 2.16. The highest BCUT2D eigenvalue weighted by Crippen LogP contribution is 2.60. The molecule has 1 aromatic heterocycles. The first-order valence-corrected chi connectivity index (χ1v) is 25.1. The predicted octanol–water partition coefficient (Wildman–Crippen LogP) is 18.7. The van der Waals surface area contributed by atoms with Crippen molar-refractivity contribution in [1.29, 1.82) is 0 Å². The van der Waals surface area contributed by atoms with Gasteiger partial charge in [-0.15, -0.1) is 0 Å². The molecule has 14 rings (SSSR count). The highest BCUT2D eigenvalue weighted by molar-refractivity contribution is 6.14. The monoisotopic (exact) mass is 919 g/mol. The van der Waals surface area contributed by atoms with Crippen molar-refractivity contribution in [3.05, 3.63) is 294 Å². The summed E-state index contributed by atoms with van der Waals surface area (Å²) in [6, 6.07) is 96.1. The van der Waals surface area contributed by atoms with Gasteiger partial charge in [0.25, 0.3) is 0 Å². The molecule has 0 aliphatic heterocycles. The molecule has 0 N–H and O–H groups in total. The van der Waals surface area contributed by atoms with Gasteiger partial charge in [-0.2, -0.15) is 0 Å². The molecule has 0 fully saturated rings. The molecule has 0 spiro atoms. The molecule has 2 nitrogen and oxygen atoms in total. The molecule has 0 radical (unpaired) electrons. The van der Waals surface area contributed by atoms with Crippen molar-refractivity contribution in [3.63, 3.8) is 0 Å². The second-order valence-electron chi connectivity index (χ2n) is 19.9. The lowest BCUT2D eigenvalue weighted by molar-refractivity contribution is 0.660. The van der Waals surface area contributed by atoms with Crippen LogP contribution in [0.3, 0.4) is 0 Å². The Hall–Kier alpha value is -8.98. The minimum absolute atomic E-state index is 0.261. The Labute approximate surface area is 420 Å². The Kier molecular flexibility index (Phi) is 9.50. The Morgan fingerprint density at radius 1 is 0.333 bits per heavy atom. The van der Waals surface area contributed by atoms with Gasteiger partial charge >= 0.3 is 0 Å². The van der Waals surface area contributed by atoms with E-state index in [0.717, 1.165) is 44.6 Å². The normalized spacial score (nSPS) is 15.0. The second kappa shape index (κ2) is 16.3. The second-order valence-corrected chi connectivity index (χ2v) is 19.9. The predicted molar refractivity (Wildman–Crippen MR) is 300 cm³/mol. The number of nitrogens with zero attached hydrogens (tertiary/aromatic N) is 1. The van der Waals surface area contributed by atoms with Gasteiger partial charge in [-0.1, -0.05) is 226 Å². The number of hydrogen-bond acceptors (Lipinski definition) is 2. The van der Waals surface area contributed by atoms with Crippen molar-refractivity contribution in [2.75, 3.05) is 4.90 Å². The summed E-state index contributed by atoms with van der Waals surface area (Å²) >= 11 is 0.